The Hall–Kier alpha value is -1.39. The van der Waals surface area contributed by atoms with Crippen LogP contribution in [0, 0.1) is 6.10 Å². The fourth-order valence-electron chi connectivity index (χ4n) is 2.06. The number of rotatable bonds is 10. The first kappa shape index (κ1) is 20.7. The summed E-state index contributed by atoms with van der Waals surface area (Å²) in [6.45, 7) is 10.1. The Kier molecular flexibility index (Phi) is 9.01. The lowest BCUT2D eigenvalue weighted by atomic mass is 10.0. The zero-order valence-corrected chi connectivity index (χ0v) is 15.7. The normalized spacial score (nSPS) is 11.8. The molecule has 0 aromatic heterocycles. The number of ether oxygens (including phenoxy) is 1. The van der Waals surface area contributed by atoms with Crippen molar-refractivity contribution in [3.8, 4) is 0 Å². The van der Waals surface area contributed by atoms with E-state index in [1.807, 2.05) is 32.9 Å². The second-order valence-corrected chi connectivity index (χ2v) is 7.06. The van der Waals surface area contributed by atoms with Gasteiger partial charge in [0.05, 0.1) is 17.8 Å². The van der Waals surface area contributed by atoms with Gasteiger partial charge in [-0.15, -0.1) is 0 Å². The summed E-state index contributed by atoms with van der Waals surface area (Å²) >= 11 is 0. The van der Waals surface area contributed by atoms with Gasteiger partial charge in [-0.05, 0) is 58.2 Å². The van der Waals surface area contributed by atoms with Gasteiger partial charge in [0, 0.05) is 0 Å². The third kappa shape index (κ3) is 9.04. The first-order chi connectivity index (χ1) is 11.3. The molecule has 0 fully saturated rings. The maximum atomic E-state index is 12.0. The summed E-state index contributed by atoms with van der Waals surface area (Å²) in [6, 6.07) is 7.51. The monoisotopic (exact) mass is 335 g/mol. The van der Waals surface area contributed by atoms with Gasteiger partial charge < -0.3 is 4.74 Å². The van der Waals surface area contributed by atoms with Crippen LogP contribution in [-0.4, -0.2) is 18.2 Å². The molecule has 0 saturated carbocycles. The average molecular weight is 335 g/mol. The molecule has 0 atom stereocenters. The molecule has 4 nitrogen and oxygen atoms in total. The van der Waals surface area contributed by atoms with E-state index in [-0.39, 0.29) is 12.2 Å². The lowest BCUT2D eigenvalue weighted by Crippen LogP contribution is -2.23. The first-order valence-corrected chi connectivity index (χ1v) is 8.76. The third-order valence-corrected chi connectivity index (χ3v) is 3.48. The van der Waals surface area contributed by atoms with Crippen molar-refractivity contribution >= 4 is 5.97 Å². The van der Waals surface area contributed by atoms with Crippen molar-refractivity contribution in [3.63, 3.8) is 0 Å². The van der Waals surface area contributed by atoms with E-state index >= 15 is 0 Å². The molecule has 0 saturated heterocycles. The molecule has 24 heavy (non-hydrogen) atoms. The molecule has 1 aromatic rings. The molecule has 0 spiro atoms. The fourth-order valence-corrected chi connectivity index (χ4v) is 2.06. The molecule has 0 aliphatic rings. The predicted molar refractivity (Wildman–Crippen MR) is 95.4 cm³/mol. The molecule has 0 aliphatic carbocycles. The molecule has 0 unspecified atom stereocenters. The highest BCUT2D eigenvalue weighted by molar-refractivity contribution is 5.88. The highest BCUT2D eigenvalue weighted by Crippen LogP contribution is 2.14. The van der Waals surface area contributed by atoms with Crippen LogP contribution in [0.25, 0.3) is 0 Å². The molecule has 135 valence electrons. The Morgan fingerprint density at radius 1 is 1.00 bits per heavy atom. The highest BCUT2D eigenvalue weighted by Gasteiger charge is 2.16. The van der Waals surface area contributed by atoms with Crippen molar-refractivity contribution in [1.82, 2.24) is 0 Å². The summed E-state index contributed by atoms with van der Waals surface area (Å²) in [6.07, 6.45) is 6.50. The Morgan fingerprint density at radius 2 is 1.67 bits per heavy atom. The molecule has 1 rings (SSSR count). The van der Waals surface area contributed by atoms with Crippen LogP contribution in [0.2, 0.25) is 0 Å². The molecule has 0 bridgehead atoms. The number of aryl methyl sites for hydroxylation is 1. The molecule has 0 N–H and O–H groups in total. The van der Waals surface area contributed by atoms with Gasteiger partial charge in [0.2, 0.25) is 0 Å². The van der Waals surface area contributed by atoms with Crippen LogP contribution < -0.4 is 0 Å². The molecule has 1 aromatic carbocycles. The lowest BCUT2D eigenvalue weighted by Gasteiger charge is -2.21. The van der Waals surface area contributed by atoms with Crippen LogP contribution in [0.15, 0.2) is 24.3 Å². The number of benzene rings is 1. The van der Waals surface area contributed by atoms with E-state index < -0.39 is 5.97 Å². The SMILES string of the molecule is CCCCCCc1ccc(C(=O)OO[C](C)COC(C)(C)C)cc1. The minimum Gasteiger partial charge on any atom is -0.373 e. The maximum Gasteiger partial charge on any atom is 0.373 e. The Balaban J connectivity index is 2.34. The summed E-state index contributed by atoms with van der Waals surface area (Å²) in [5.41, 5.74) is 1.46. The van der Waals surface area contributed by atoms with E-state index in [0.717, 1.165) is 6.42 Å². The van der Waals surface area contributed by atoms with Crippen molar-refractivity contribution in [1.29, 1.82) is 0 Å². The van der Waals surface area contributed by atoms with E-state index in [9.17, 15) is 4.79 Å². The standard InChI is InChI=1S/C20H31O4/c1-6-7-8-9-10-17-11-13-18(14-12-17)19(21)24-23-16(2)15-22-20(3,4)5/h11-14H,6-10,15H2,1-5H3. The molecule has 4 heteroatoms. The Labute approximate surface area is 146 Å². The van der Waals surface area contributed by atoms with Gasteiger partial charge in [-0.3, -0.25) is 4.89 Å². The first-order valence-electron chi connectivity index (χ1n) is 8.76. The Morgan fingerprint density at radius 3 is 2.25 bits per heavy atom. The molecular formula is C20H31O4. The van der Waals surface area contributed by atoms with E-state index in [1.165, 1.54) is 31.2 Å². The van der Waals surface area contributed by atoms with Crippen LogP contribution in [-0.2, 0) is 20.9 Å². The zero-order chi connectivity index (χ0) is 18.0. The van der Waals surface area contributed by atoms with E-state index in [0.29, 0.717) is 11.7 Å². The van der Waals surface area contributed by atoms with E-state index in [2.05, 4.69) is 6.92 Å². The quantitative estimate of drug-likeness (QED) is 0.332. The van der Waals surface area contributed by atoms with Crippen LogP contribution >= 0.6 is 0 Å². The van der Waals surface area contributed by atoms with Gasteiger partial charge in [-0.25, -0.2) is 4.79 Å². The summed E-state index contributed by atoms with van der Waals surface area (Å²) < 4.78 is 5.55. The third-order valence-electron chi connectivity index (χ3n) is 3.48. The van der Waals surface area contributed by atoms with Crippen LogP contribution in [0.4, 0.5) is 0 Å². The van der Waals surface area contributed by atoms with Crippen LogP contribution in [0.5, 0.6) is 0 Å². The highest BCUT2D eigenvalue weighted by atomic mass is 17.2. The summed E-state index contributed by atoms with van der Waals surface area (Å²) in [4.78, 5) is 21.8. The molecule has 0 amide bonds. The van der Waals surface area contributed by atoms with Gasteiger partial charge >= 0.3 is 5.97 Å². The van der Waals surface area contributed by atoms with E-state index in [4.69, 9.17) is 14.5 Å². The molecule has 0 aliphatic heterocycles. The van der Waals surface area contributed by atoms with Gasteiger partial charge in [-0.2, -0.15) is 4.89 Å². The summed E-state index contributed by atoms with van der Waals surface area (Å²) in [5, 5.41) is 0. The van der Waals surface area contributed by atoms with Crippen molar-refractivity contribution in [2.75, 3.05) is 6.61 Å². The minimum absolute atomic E-state index is 0.262. The topological polar surface area (TPSA) is 44.8 Å². The number of hydrogen-bond donors (Lipinski definition) is 0. The van der Waals surface area contributed by atoms with Gasteiger partial charge in [-0.1, -0.05) is 38.3 Å². The van der Waals surface area contributed by atoms with Gasteiger partial charge in [0.25, 0.3) is 0 Å². The Bertz CT molecular complexity index is 473. The lowest BCUT2D eigenvalue weighted by molar-refractivity contribution is -0.242. The number of hydrogen-bond acceptors (Lipinski definition) is 4. The second kappa shape index (κ2) is 10.5. The maximum absolute atomic E-state index is 12.0. The van der Waals surface area contributed by atoms with Crippen molar-refractivity contribution in [2.24, 2.45) is 0 Å². The zero-order valence-electron chi connectivity index (χ0n) is 15.7. The number of carbonyl (C=O) groups excluding carboxylic acids is 1. The van der Waals surface area contributed by atoms with Gasteiger partial charge in [0.1, 0.15) is 0 Å². The second-order valence-electron chi connectivity index (χ2n) is 7.06. The largest absolute Gasteiger partial charge is 0.373 e. The molecule has 0 heterocycles. The van der Waals surface area contributed by atoms with E-state index in [1.54, 1.807) is 19.1 Å². The smallest absolute Gasteiger partial charge is 0.373 e. The van der Waals surface area contributed by atoms with Gasteiger partial charge in [0.15, 0.2) is 6.10 Å². The van der Waals surface area contributed by atoms with Crippen molar-refractivity contribution in [3.05, 3.63) is 41.5 Å². The number of carbonyl (C=O) groups is 1. The van der Waals surface area contributed by atoms with Crippen LogP contribution in [0.3, 0.4) is 0 Å². The minimum atomic E-state index is -0.498. The van der Waals surface area contributed by atoms with Crippen molar-refractivity contribution < 1.29 is 19.3 Å². The molecule has 1 radical (unpaired) electrons. The fraction of sp³-hybridized carbons (Fsp3) is 0.600. The average Bonchev–Trinajstić information content (AvgIpc) is 2.54. The summed E-state index contributed by atoms with van der Waals surface area (Å²) in [7, 11) is 0. The summed E-state index contributed by atoms with van der Waals surface area (Å²) in [5.74, 6) is -0.498. The number of unbranched alkanes of at least 4 members (excludes halogenated alkanes) is 3. The molecular weight excluding hydrogens is 304 g/mol. The van der Waals surface area contributed by atoms with Crippen molar-refractivity contribution in [2.45, 2.75) is 72.3 Å². The predicted octanol–water partition coefficient (Wildman–Crippen LogP) is 5.26. The van der Waals surface area contributed by atoms with Crippen LogP contribution in [0.1, 0.15) is 76.2 Å².